The second kappa shape index (κ2) is 6.40. The number of nitrogens with zero attached hydrogens (tertiary/aromatic N) is 1. The van der Waals surface area contributed by atoms with Crippen molar-refractivity contribution < 1.29 is 9.53 Å². The Morgan fingerprint density at radius 1 is 1.39 bits per heavy atom. The summed E-state index contributed by atoms with van der Waals surface area (Å²) < 4.78 is 5.42. The van der Waals surface area contributed by atoms with Crippen LogP contribution in [0.4, 0.5) is 0 Å². The molecule has 0 aromatic heterocycles. The van der Waals surface area contributed by atoms with Gasteiger partial charge in [0.15, 0.2) is 0 Å². The zero-order valence-corrected chi connectivity index (χ0v) is 11.8. The first-order valence-corrected chi connectivity index (χ1v) is 6.02. The molecule has 0 bridgehead atoms. The Kier molecular flexibility index (Phi) is 5.16. The molecule has 100 valence electrons. The predicted octanol–water partition coefficient (Wildman–Crippen LogP) is 1.49. The zero-order chi connectivity index (χ0) is 13.7. The molecule has 0 heterocycles. The first-order chi connectivity index (χ1) is 8.49. The van der Waals surface area contributed by atoms with Crippen LogP contribution in [0.1, 0.15) is 16.7 Å². The van der Waals surface area contributed by atoms with Crippen molar-refractivity contribution in [3.05, 3.63) is 28.8 Å². The first kappa shape index (κ1) is 14.5. The molecule has 0 unspecified atom stereocenters. The maximum absolute atomic E-state index is 11.7. The van der Waals surface area contributed by atoms with Gasteiger partial charge < -0.3 is 15.0 Å². The van der Waals surface area contributed by atoms with E-state index in [0.717, 1.165) is 16.9 Å². The number of likely N-dealkylation sites (N-methyl/N-ethyl adjacent to an activating group) is 2. The molecule has 0 aliphatic rings. The summed E-state index contributed by atoms with van der Waals surface area (Å²) in [6, 6.07) is 4.15. The van der Waals surface area contributed by atoms with Crippen LogP contribution < -0.4 is 10.1 Å². The second-order valence-corrected chi connectivity index (χ2v) is 4.55. The third-order valence-corrected chi connectivity index (χ3v) is 2.86. The molecule has 4 nitrogen and oxygen atoms in total. The normalized spacial score (nSPS) is 10.3. The van der Waals surface area contributed by atoms with Crippen molar-refractivity contribution in [2.24, 2.45) is 0 Å². The van der Waals surface area contributed by atoms with Crippen LogP contribution in [-0.2, 0) is 11.3 Å². The fraction of sp³-hybridized carbons (Fsp3) is 0.500. The quantitative estimate of drug-likeness (QED) is 0.861. The van der Waals surface area contributed by atoms with Crippen LogP contribution in [0.5, 0.6) is 5.75 Å². The number of hydrogen-bond acceptors (Lipinski definition) is 3. The molecule has 1 N–H and O–H groups in total. The number of methoxy groups -OCH3 is 1. The summed E-state index contributed by atoms with van der Waals surface area (Å²) in [7, 11) is 5.23. The number of aryl methyl sites for hydroxylation is 2. The minimum atomic E-state index is 0.0683. The largest absolute Gasteiger partial charge is 0.496 e. The van der Waals surface area contributed by atoms with E-state index in [9.17, 15) is 4.79 Å². The summed E-state index contributed by atoms with van der Waals surface area (Å²) in [6.07, 6.45) is 0. The molecule has 1 aromatic carbocycles. The van der Waals surface area contributed by atoms with Crippen molar-refractivity contribution in [2.75, 3.05) is 27.7 Å². The van der Waals surface area contributed by atoms with Gasteiger partial charge in [0, 0.05) is 19.2 Å². The highest BCUT2D eigenvalue weighted by Crippen LogP contribution is 2.26. The molecule has 4 heteroatoms. The van der Waals surface area contributed by atoms with Gasteiger partial charge in [-0.1, -0.05) is 17.7 Å². The Morgan fingerprint density at radius 3 is 2.61 bits per heavy atom. The lowest BCUT2D eigenvalue weighted by Gasteiger charge is -2.20. The van der Waals surface area contributed by atoms with Crippen molar-refractivity contribution in [3.63, 3.8) is 0 Å². The van der Waals surface area contributed by atoms with Crippen LogP contribution in [-0.4, -0.2) is 38.6 Å². The number of nitrogens with one attached hydrogen (secondary N) is 1. The molecule has 0 saturated heterocycles. The van der Waals surface area contributed by atoms with E-state index in [1.165, 1.54) is 5.56 Å². The highest BCUT2D eigenvalue weighted by molar-refractivity contribution is 5.78. The summed E-state index contributed by atoms with van der Waals surface area (Å²) in [5.41, 5.74) is 3.32. The number of rotatable bonds is 5. The molecular formula is C14H22N2O2. The molecule has 0 atom stereocenters. The number of amides is 1. The smallest absolute Gasteiger partial charge is 0.236 e. The van der Waals surface area contributed by atoms with E-state index in [0.29, 0.717) is 13.1 Å². The molecule has 0 saturated carbocycles. The van der Waals surface area contributed by atoms with E-state index in [-0.39, 0.29) is 5.91 Å². The van der Waals surface area contributed by atoms with E-state index in [1.807, 2.05) is 13.8 Å². The van der Waals surface area contributed by atoms with E-state index in [1.54, 1.807) is 26.1 Å². The third kappa shape index (κ3) is 3.47. The van der Waals surface area contributed by atoms with Gasteiger partial charge in [-0.2, -0.15) is 0 Å². The van der Waals surface area contributed by atoms with Gasteiger partial charge in [-0.15, -0.1) is 0 Å². The summed E-state index contributed by atoms with van der Waals surface area (Å²) in [5.74, 6) is 0.934. The zero-order valence-electron chi connectivity index (χ0n) is 11.8. The molecule has 1 aromatic rings. The monoisotopic (exact) mass is 250 g/mol. The highest BCUT2D eigenvalue weighted by atomic mass is 16.5. The van der Waals surface area contributed by atoms with E-state index >= 15 is 0 Å². The van der Waals surface area contributed by atoms with Gasteiger partial charge in [0.25, 0.3) is 0 Å². The van der Waals surface area contributed by atoms with Gasteiger partial charge in [0.1, 0.15) is 5.75 Å². The van der Waals surface area contributed by atoms with Gasteiger partial charge in [0.05, 0.1) is 13.7 Å². The Hall–Kier alpha value is -1.55. The van der Waals surface area contributed by atoms with Gasteiger partial charge in [-0.05, 0) is 26.5 Å². The van der Waals surface area contributed by atoms with Crippen molar-refractivity contribution in [3.8, 4) is 5.75 Å². The Bertz CT molecular complexity index is 430. The lowest BCUT2D eigenvalue weighted by atomic mass is 10.1. The Morgan fingerprint density at radius 2 is 2.06 bits per heavy atom. The van der Waals surface area contributed by atoms with Crippen molar-refractivity contribution in [1.82, 2.24) is 10.2 Å². The molecular weight excluding hydrogens is 228 g/mol. The van der Waals surface area contributed by atoms with Gasteiger partial charge in [-0.25, -0.2) is 0 Å². The molecule has 1 amide bonds. The average Bonchev–Trinajstić information content (AvgIpc) is 2.28. The van der Waals surface area contributed by atoms with Crippen molar-refractivity contribution >= 4 is 5.91 Å². The van der Waals surface area contributed by atoms with Gasteiger partial charge >= 0.3 is 0 Å². The number of carbonyl (C=O) groups excluding carboxylic acids is 1. The first-order valence-electron chi connectivity index (χ1n) is 6.02. The van der Waals surface area contributed by atoms with Crippen molar-refractivity contribution in [2.45, 2.75) is 20.4 Å². The number of ether oxygens (including phenoxy) is 1. The van der Waals surface area contributed by atoms with Crippen LogP contribution in [0.3, 0.4) is 0 Å². The minimum Gasteiger partial charge on any atom is -0.496 e. The van der Waals surface area contributed by atoms with Crippen LogP contribution in [0, 0.1) is 13.8 Å². The van der Waals surface area contributed by atoms with Gasteiger partial charge in [0.2, 0.25) is 5.91 Å². The van der Waals surface area contributed by atoms with E-state index in [2.05, 4.69) is 17.4 Å². The fourth-order valence-corrected chi connectivity index (χ4v) is 2.08. The highest BCUT2D eigenvalue weighted by Gasteiger charge is 2.13. The van der Waals surface area contributed by atoms with Gasteiger partial charge in [-0.3, -0.25) is 4.79 Å². The summed E-state index contributed by atoms with van der Waals surface area (Å²) in [5, 5.41) is 2.86. The van der Waals surface area contributed by atoms with E-state index in [4.69, 9.17) is 4.74 Å². The summed E-state index contributed by atoms with van der Waals surface area (Å²) in [6.45, 7) is 4.98. The van der Waals surface area contributed by atoms with Crippen LogP contribution in [0.2, 0.25) is 0 Å². The Labute approximate surface area is 109 Å². The standard InChI is InChI=1S/C14H22N2O2/c1-10-6-11(2)14(18-5)12(7-10)9-16(4)13(17)8-15-3/h6-7,15H,8-9H2,1-5H3. The summed E-state index contributed by atoms with van der Waals surface area (Å²) in [4.78, 5) is 13.4. The van der Waals surface area contributed by atoms with Crippen molar-refractivity contribution in [1.29, 1.82) is 0 Å². The van der Waals surface area contributed by atoms with Crippen LogP contribution >= 0.6 is 0 Å². The molecule has 0 fully saturated rings. The SMILES string of the molecule is CNCC(=O)N(C)Cc1cc(C)cc(C)c1OC. The van der Waals surface area contributed by atoms with E-state index < -0.39 is 0 Å². The molecule has 0 aliphatic carbocycles. The lowest BCUT2D eigenvalue weighted by Crippen LogP contribution is -2.33. The maximum Gasteiger partial charge on any atom is 0.236 e. The topological polar surface area (TPSA) is 41.6 Å². The third-order valence-electron chi connectivity index (χ3n) is 2.86. The average molecular weight is 250 g/mol. The maximum atomic E-state index is 11.7. The molecule has 0 spiro atoms. The minimum absolute atomic E-state index is 0.0683. The van der Waals surface area contributed by atoms with Crippen LogP contribution in [0.15, 0.2) is 12.1 Å². The number of benzene rings is 1. The second-order valence-electron chi connectivity index (χ2n) is 4.55. The predicted molar refractivity (Wildman–Crippen MR) is 72.9 cm³/mol. The molecule has 1 rings (SSSR count). The fourth-order valence-electron chi connectivity index (χ4n) is 2.08. The molecule has 18 heavy (non-hydrogen) atoms. The molecule has 0 aliphatic heterocycles. The lowest BCUT2D eigenvalue weighted by molar-refractivity contribution is -0.129. The summed E-state index contributed by atoms with van der Waals surface area (Å²) >= 11 is 0. The number of hydrogen-bond donors (Lipinski definition) is 1. The number of carbonyl (C=O) groups is 1. The molecule has 0 radical (unpaired) electrons. The Balaban J connectivity index is 2.93. The van der Waals surface area contributed by atoms with Crippen LogP contribution in [0.25, 0.3) is 0 Å².